The summed E-state index contributed by atoms with van der Waals surface area (Å²) in [6, 6.07) is 0. The van der Waals surface area contributed by atoms with Crippen molar-refractivity contribution in [1.82, 2.24) is 25.1 Å². The minimum atomic E-state index is 0.416. The Balaban J connectivity index is 2.23. The molecule has 2 rings (SSSR count). The Labute approximate surface area is 78.2 Å². The van der Waals surface area contributed by atoms with Crippen LogP contribution in [-0.2, 0) is 6.54 Å². The van der Waals surface area contributed by atoms with Crippen molar-refractivity contribution >= 4 is 11.5 Å². The standard InChI is InChI=1S/C6H7N5OS/c1-7-2-5-9-10-6(12-5)4-3-13-11-8-4/h3,7H,2H2,1H3. The molecule has 0 radical (unpaired) electrons. The maximum atomic E-state index is 5.29. The highest BCUT2D eigenvalue weighted by Gasteiger charge is 2.09. The van der Waals surface area contributed by atoms with E-state index in [0.29, 0.717) is 24.0 Å². The van der Waals surface area contributed by atoms with Crippen molar-refractivity contribution < 1.29 is 4.42 Å². The van der Waals surface area contributed by atoms with E-state index in [-0.39, 0.29) is 0 Å². The molecule has 1 N–H and O–H groups in total. The highest BCUT2D eigenvalue weighted by molar-refractivity contribution is 7.03. The van der Waals surface area contributed by atoms with Gasteiger partial charge in [0.1, 0.15) is 0 Å². The first kappa shape index (κ1) is 8.27. The fraction of sp³-hybridized carbons (Fsp3) is 0.333. The third-order valence-corrected chi connectivity index (χ3v) is 1.88. The molecule has 13 heavy (non-hydrogen) atoms. The molecule has 0 atom stereocenters. The molecule has 0 spiro atoms. The van der Waals surface area contributed by atoms with Gasteiger partial charge in [-0.25, -0.2) is 0 Å². The van der Waals surface area contributed by atoms with Crippen LogP contribution < -0.4 is 5.32 Å². The Morgan fingerprint density at radius 1 is 1.46 bits per heavy atom. The number of rotatable bonds is 3. The zero-order valence-corrected chi connectivity index (χ0v) is 7.71. The van der Waals surface area contributed by atoms with Crippen molar-refractivity contribution in [3.05, 3.63) is 11.3 Å². The molecule has 0 amide bonds. The van der Waals surface area contributed by atoms with Gasteiger partial charge in [-0.1, -0.05) is 4.49 Å². The van der Waals surface area contributed by atoms with E-state index in [1.807, 2.05) is 7.05 Å². The third-order valence-electron chi connectivity index (χ3n) is 1.37. The lowest BCUT2D eigenvalue weighted by atomic mass is 10.5. The summed E-state index contributed by atoms with van der Waals surface area (Å²) in [6.45, 7) is 0.560. The quantitative estimate of drug-likeness (QED) is 0.763. The van der Waals surface area contributed by atoms with Gasteiger partial charge in [0.2, 0.25) is 5.89 Å². The Bertz CT molecular complexity index is 370. The molecule has 0 aromatic carbocycles. The zero-order chi connectivity index (χ0) is 9.10. The molecule has 2 aromatic heterocycles. The maximum Gasteiger partial charge on any atom is 0.269 e. The average molecular weight is 197 g/mol. The summed E-state index contributed by atoms with van der Waals surface area (Å²) in [5, 5.41) is 16.1. The molecular formula is C6H7N5OS. The van der Waals surface area contributed by atoms with E-state index in [4.69, 9.17) is 4.42 Å². The normalized spacial score (nSPS) is 10.5. The Morgan fingerprint density at radius 3 is 3.08 bits per heavy atom. The minimum absolute atomic E-state index is 0.416. The summed E-state index contributed by atoms with van der Waals surface area (Å²) < 4.78 is 8.99. The predicted molar refractivity (Wildman–Crippen MR) is 46.0 cm³/mol. The van der Waals surface area contributed by atoms with Crippen molar-refractivity contribution in [2.75, 3.05) is 7.05 Å². The second-order valence-corrected chi connectivity index (χ2v) is 2.93. The first-order valence-electron chi connectivity index (χ1n) is 3.64. The highest BCUT2D eigenvalue weighted by Crippen LogP contribution is 2.15. The topological polar surface area (TPSA) is 76.7 Å². The number of hydrogen-bond acceptors (Lipinski definition) is 7. The second-order valence-electron chi connectivity index (χ2n) is 2.32. The van der Waals surface area contributed by atoms with Crippen LogP contribution >= 0.6 is 11.5 Å². The number of nitrogens with one attached hydrogen (secondary N) is 1. The monoisotopic (exact) mass is 197 g/mol. The van der Waals surface area contributed by atoms with Crippen LogP contribution in [0.2, 0.25) is 0 Å². The summed E-state index contributed by atoms with van der Waals surface area (Å²) in [5.41, 5.74) is 0.625. The van der Waals surface area contributed by atoms with Crippen LogP contribution in [0.5, 0.6) is 0 Å². The Morgan fingerprint density at radius 2 is 2.38 bits per heavy atom. The lowest BCUT2D eigenvalue weighted by Gasteiger charge is -1.88. The van der Waals surface area contributed by atoms with Crippen molar-refractivity contribution in [2.45, 2.75) is 6.54 Å². The van der Waals surface area contributed by atoms with Crippen LogP contribution in [0.4, 0.5) is 0 Å². The lowest BCUT2D eigenvalue weighted by molar-refractivity contribution is 0.489. The Hall–Kier alpha value is -1.34. The molecule has 6 nitrogen and oxygen atoms in total. The van der Waals surface area contributed by atoms with Gasteiger partial charge < -0.3 is 9.73 Å². The smallest absolute Gasteiger partial charge is 0.269 e. The molecule has 0 aliphatic carbocycles. The molecule has 0 unspecified atom stereocenters. The van der Waals surface area contributed by atoms with Crippen molar-refractivity contribution in [2.24, 2.45) is 0 Å². The van der Waals surface area contributed by atoms with Crippen LogP contribution in [0.25, 0.3) is 11.6 Å². The highest BCUT2D eigenvalue weighted by atomic mass is 32.1. The zero-order valence-electron chi connectivity index (χ0n) is 6.89. The molecule has 7 heteroatoms. The largest absolute Gasteiger partial charge is 0.418 e. The SMILES string of the molecule is CNCc1nnc(-c2csnn2)o1. The lowest BCUT2D eigenvalue weighted by Crippen LogP contribution is -2.04. The van der Waals surface area contributed by atoms with E-state index in [2.05, 4.69) is 25.1 Å². The molecular weight excluding hydrogens is 190 g/mol. The summed E-state index contributed by atoms with van der Waals surface area (Å²) in [4.78, 5) is 0. The Kier molecular flexibility index (Phi) is 2.28. The van der Waals surface area contributed by atoms with Gasteiger partial charge in [0.15, 0.2) is 5.69 Å². The van der Waals surface area contributed by atoms with Gasteiger partial charge in [-0.3, -0.25) is 0 Å². The van der Waals surface area contributed by atoms with Crippen LogP contribution in [0.3, 0.4) is 0 Å². The minimum Gasteiger partial charge on any atom is -0.418 e. The fourth-order valence-electron chi connectivity index (χ4n) is 0.838. The molecule has 0 saturated heterocycles. The van der Waals surface area contributed by atoms with Crippen molar-refractivity contribution in [3.63, 3.8) is 0 Å². The van der Waals surface area contributed by atoms with Crippen LogP contribution in [0.15, 0.2) is 9.80 Å². The van der Waals surface area contributed by atoms with Gasteiger partial charge in [-0.15, -0.1) is 15.3 Å². The molecule has 2 heterocycles. The first-order valence-corrected chi connectivity index (χ1v) is 4.48. The van der Waals surface area contributed by atoms with Crippen molar-refractivity contribution in [1.29, 1.82) is 0 Å². The van der Waals surface area contributed by atoms with Gasteiger partial charge in [-0.2, -0.15) is 0 Å². The van der Waals surface area contributed by atoms with Gasteiger partial charge in [-0.05, 0) is 18.6 Å². The van der Waals surface area contributed by atoms with Crippen LogP contribution in [0.1, 0.15) is 5.89 Å². The number of hydrogen-bond donors (Lipinski definition) is 1. The third kappa shape index (κ3) is 1.70. The number of nitrogens with zero attached hydrogens (tertiary/aromatic N) is 4. The van der Waals surface area contributed by atoms with Gasteiger partial charge in [0.25, 0.3) is 5.89 Å². The van der Waals surface area contributed by atoms with Crippen LogP contribution in [-0.4, -0.2) is 26.8 Å². The van der Waals surface area contributed by atoms with E-state index in [0.717, 1.165) is 0 Å². The number of aromatic nitrogens is 4. The summed E-state index contributed by atoms with van der Waals surface area (Å²) in [5.74, 6) is 0.963. The van der Waals surface area contributed by atoms with Gasteiger partial charge in [0.05, 0.1) is 6.54 Å². The summed E-state index contributed by atoms with van der Waals surface area (Å²) in [6.07, 6.45) is 0. The maximum absolute atomic E-state index is 5.29. The van der Waals surface area contributed by atoms with E-state index >= 15 is 0 Å². The van der Waals surface area contributed by atoms with E-state index in [1.54, 1.807) is 5.38 Å². The van der Waals surface area contributed by atoms with E-state index in [9.17, 15) is 0 Å². The summed E-state index contributed by atoms with van der Waals surface area (Å²) >= 11 is 1.25. The fourth-order valence-corrected chi connectivity index (χ4v) is 1.27. The molecule has 2 aromatic rings. The van der Waals surface area contributed by atoms with Gasteiger partial charge in [0, 0.05) is 5.38 Å². The van der Waals surface area contributed by atoms with E-state index in [1.165, 1.54) is 11.5 Å². The molecule has 0 aliphatic rings. The van der Waals surface area contributed by atoms with E-state index < -0.39 is 0 Å². The molecule has 0 fully saturated rings. The molecule has 68 valence electrons. The second kappa shape index (κ2) is 3.58. The van der Waals surface area contributed by atoms with Crippen LogP contribution in [0, 0.1) is 0 Å². The average Bonchev–Trinajstić information content (AvgIpc) is 2.70. The summed E-state index contributed by atoms with van der Waals surface area (Å²) in [7, 11) is 1.81. The predicted octanol–water partition coefficient (Wildman–Crippen LogP) is 0.307. The van der Waals surface area contributed by atoms with Crippen molar-refractivity contribution in [3.8, 4) is 11.6 Å². The molecule has 0 saturated carbocycles. The molecule has 0 aliphatic heterocycles. The first-order chi connectivity index (χ1) is 6.40. The van der Waals surface area contributed by atoms with Gasteiger partial charge >= 0.3 is 0 Å². The molecule has 0 bridgehead atoms.